The number of piperidine rings is 1. The van der Waals surface area contributed by atoms with Crippen LogP contribution in [0.15, 0.2) is 29.4 Å². The summed E-state index contributed by atoms with van der Waals surface area (Å²) in [4.78, 5) is 12.7. The molecule has 1 aliphatic rings. The fourth-order valence-electron chi connectivity index (χ4n) is 2.24. The minimum absolute atomic E-state index is 0.0739. The molecule has 0 atom stereocenters. The van der Waals surface area contributed by atoms with Crippen LogP contribution in [-0.2, 0) is 0 Å². The molecule has 108 valence electrons. The van der Waals surface area contributed by atoms with Gasteiger partial charge in [-0.25, -0.2) is 0 Å². The Labute approximate surface area is 118 Å². The molecule has 1 N–H and O–H groups in total. The molecule has 1 fully saturated rings. The van der Waals surface area contributed by atoms with Crippen molar-refractivity contribution in [2.45, 2.75) is 32.7 Å². The average Bonchev–Trinajstić information content (AvgIpc) is 2.46. The molecule has 20 heavy (non-hydrogen) atoms. The smallest absolute Gasteiger partial charge is 0.271 e. The summed E-state index contributed by atoms with van der Waals surface area (Å²) in [6.45, 7) is 6.44. The number of nitrogens with one attached hydrogen (secondary N) is 1. The van der Waals surface area contributed by atoms with Gasteiger partial charge < -0.3 is 4.90 Å². The molecule has 6 nitrogen and oxygen atoms in total. The van der Waals surface area contributed by atoms with E-state index in [0.29, 0.717) is 11.7 Å². The van der Waals surface area contributed by atoms with Crippen molar-refractivity contribution < 1.29 is 4.92 Å². The normalized spacial score (nSPS) is 16.2. The Morgan fingerprint density at radius 3 is 2.65 bits per heavy atom. The van der Waals surface area contributed by atoms with Crippen LogP contribution in [0.25, 0.3) is 0 Å². The van der Waals surface area contributed by atoms with Crippen molar-refractivity contribution in [3.63, 3.8) is 0 Å². The van der Waals surface area contributed by atoms with E-state index in [1.165, 1.54) is 12.1 Å². The Balaban J connectivity index is 1.93. The number of benzene rings is 1. The number of rotatable bonds is 4. The lowest BCUT2D eigenvalue weighted by Crippen LogP contribution is -2.38. The lowest BCUT2D eigenvalue weighted by atomic mass is 10.1. The van der Waals surface area contributed by atoms with Crippen molar-refractivity contribution in [3.05, 3.63) is 34.4 Å². The van der Waals surface area contributed by atoms with Gasteiger partial charge in [0.15, 0.2) is 0 Å². The van der Waals surface area contributed by atoms with Crippen LogP contribution in [-0.4, -0.2) is 34.7 Å². The second kappa shape index (κ2) is 6.47. The van der Waals surface area contributed by atoms with E-state index in [-0.39, 0.29) is 5.69 Å². The SMILES string of the molecule is CC(C)N1CCC(=NNc2cccc([N+](=O)[O-])c2)CC1. The van der Waals surface area contributed by atoms with Crippen molar-refractivity contribution in [3.8, 4) is 0 Å². The maximum atomic E-state index is 10.7. The zero-order valence-corrected chi connectivity index (χ0v) is 11.9. The molecule has 0 amide bonds. The largest absolute Gasteiger partial charge is 0.300 e. The van der Waals surface area contributed by atoms with Crippen LogP contribution in [0.2, 0.25) is 0 Å². The highest BCUT2D eigenvalue weighted by molar-refractivity contribution is 5.86. The van der Waals surface area contributed by atoms with Gasteiger partial charge in [0.2, 0.25) is 0 Å². The maximum Gasteiger partial charge on any atom is 0.271 e. The van der Waals surface area contributed by atoms with Gasteiger partial charge in [0.25, 0.3) is 5.69 Å². The minimum Gasteiger partial charge on any atom is -0.300 e. The first kappa shape index (κ1) is 14.5. The molecule has 1 saturated heterocycles. The van der Waals surface area contributed by atoms with E-state index >= 15 is 0 Å². The van der Waals surface area contributed by atoms with Gasteiger partial charge in [0, 0.05) is 49.8 Å². The number of anilines is 1. The first-order valence-corrected chi connectivity index (χ1v) is 6.86. The first-order valence-electron chi connectivity index (χ1n) is 6.86. The molecule has 1 aromatic carbocycles. The van der Waals surface area contributed by atoms with Crippen LogP contribution in [0.3, 0.4) is 0 Å². The summed E-state index contributed by atoms with van der Waals surface area (Å²) in [6.07, 6.45) is 1.89. The van der Waals surface area contributed by atoms with Crippen molar-refractivity contribution in [1.29, 1.82) is 0 Å². The lowest BCUT2D eigenvalue weighted by Gasteiger charge is -2.30. The van der Waals surface area contributed by atoms with Crippen LogP contribution in [0, 0.1) is 10.1 Å². The highest BCUT2D eigenvalue weighted by atomic mass is 16.6. The molecular weight excluding hydrogens is 256 g/mol. The second-order valence-corrected chi connectivity index (χ2v) is 5.23. The van der Waals surface area contributed by atoms with Crippen LogP contribution >= 0.6 is 0 Å². The fourth-order valence-corrected chi connectivity index (χ4v) is 2.24. The third-order valence-electron chi connectivity index (χ3n) is 3.51. The Kier molecular flexibility index (Phi) is 4.68. The summed E-state index contributed by atoms with van der Waals surface area (Å²) in [5.74, 6) is 0. The summed E-state index contributed by atoms with van der Waals surface area (Å²) >= 11 is 0. The Hall–Kier alpha value is -1.95. The quantitative estimate of drug-likeness (QED) is 0.678. The molecule has 0 unspecified atom stereocenters. The number of nitrogens with zero attached hydrogens (tertiary/aromatic N) is 3. The number of hydrogen-bond acceptors (Lipinski definition) is 5. The molecular formula is C14H20N4O2. The number of nitro benzene ring substituents is 1. The zero-order chi connectivity index (χ0) is 14.5. The van der Waals surface area contributed by atoms with E-state index in [2.05, 4.69) is 29.3 Å². The third-order valence-corrected chi connectivity index (χ3v) is 3.51. The van der Waals surface area contributed by atoms with E-state index in [1.54, 1.807) is 12.1 Å². The van der Waals surface area contributed by atoms with E-state index in [0.717, 1.165) is 31.6 Å². The van der Waals surface area contributed by atoms with Gasteiger partial charge in [-0.15, -0.1) is 0 Å². The molecule has 0 aliphatic carbocycles. The summed E-state index contributed by atoms with van der Waals surface area (Å²) in [6, 6.07) is 6.97. The Morgan fingerprint density at radius 2 is 2.05 bits per heavy atom. The Morgan fingerprint density at radius 1 is 1.35 bits per heavy atom. The van der Waals surface area contributed by atoms with Crippen molar-refractivity contribution in [1.82, 2.24) is 4.90 Å². The topological polar surface area (TPSA) is 70.8 Å². The molecule has 1 aromatic rings. The summed E-state index contributed by atoms with van der Waals surface area (Å²) in [5, 5.41) is 15.1. The van der Waals surface area contributed by atoms with Gasteiger partial charge in [0.05, 0.1) is 10.6 Å². The zero-order valence-electron chi connectivity index (χ0n) is 11.9. The van der Waals surface area contributed by atoms with Crippen LogP contribution in [0.5, 0.6) is 0 Å². The maximum absolute atomic E-state index is 10.7. The molecule has 2 rings (SSSR count). The van der Waals surface area contributed by atoms with Gasteiger partial charge >= 0.3 is 0 Å². The summed E-state index contributed by atoms with van der Waals surface area (Å²) < 4.78 is 0. The predicted molar refractivity (Wildman–Crippen MR) is 80.1 cm³/mol. The number of nitro groups is 1. The van der Waals surface area contributed by atoms with Gasteiger partial charge in [-0.2, -0.15) is 5.10 Å². The highest BCUT2D eigenvalue weighted by Crippen LogP contribution is 2.17. The monoisotopic (exact) mass is 276 g/mol. The van der Waals surface area contributed by atoms with Crippen LogP contribution in [0.1, 0.15) is 26.7 Å². The van der Waals surface area contributed by atoms with Crippen LogP contribution < -0.4 is 5.43 Å². The highest BCUT2D eigenvalue weighted by Gasteiger charge is 2.17. The number of hydrogen-bond donors (Lipinski definition) is 1. The molecule has 1 heterocycles. The predicted octanol–water partition coefficient (Wildman–Crippen LogP) is 2.87. The molecule has 6 heteroatoms. The minimum atomic E-state index is -0.403. The first-order chi connectivity index (χ1) is 9.56. The van der Waals surface area contributed by atoms with E-state index in [9.17, 15) is 10.1 Å². The van der Waals surface area contributed by atoms with Crippen molar-refractivity contribution >= 4 is 17.1 Å². The number of hydrazone groups is 1. The molecule has 0 radical (unpaired) electrons. The summed E-state index contributed by atoms with van der Waals surface area (Å²) in [7, 11) is 0. The van der Waals surface area contributed by atoms with Crippen LogP contribution in [0.4, 0.5) is 11.4 Å². The van der Waals surface area contributed by atoms with Crippen molar-refractivity contribution in [2.75, 3.05) is 18.5 Å². The van der Waals surface area contributed by atoms with Crippen molar-refractivity contribution in [2.24, 2.45) is 5.10 Å². The summed E-state index contributed by atoms with van der Waals surface area (Å²) in [5.41, 5.74) is 4.76. The molecule has 1 aliphatic heterocycles. The molecule has 0 saturated carbocycles. The standard InChI is InChI=1S/C14H20N4O2/c1-11(2)17-8-6-12(7-9-17)15-16-13-4-3-5-14(10-13)18(19)20/h3-5,10-11,16H,6-9H2,1-2H3. The molecule has 0 aromatic heterocycles. The number of likely N-dealkylation sites (tertiary alicyclic amines) is 1. The lowest BCUT2D eigenvalue weighted by molar-refractivity contribution is -0.384. The third kappa shape index (κ3) is 3.77. The van der Waals surface area contributed by atoms with E-state index in [4.69, 9.17) is 0 Å². The second-order valence-electron chi connectivity index (χ2n) is 5.23. The Bertz CT molecular complexity index is 504. The van der Waals surface area contributed by atoms with Gasteiger partial charge in [0.1, 0.15) is 0 Å². The molecule has 0 spiro atoms. The number of non-ortho nitro benzene ring substituents is 1. The van der Waals surface area contributed by atoms with Gasteiger partial charge in [-0.1, -0.05) is 6.07 Å². The van der Waals surface area contributed by atoms with Gasteiger partial charge in [-0.3, -0.25) is 15.5 Å². The molecule has 0 bridgehead atoms. The average molecular weight is 276 g/mol. The van der Waals surface area contributed by atoms with E-state index in [1.807, 2.05) is 0 Å². The van der Waals surface area contributed by atoms with E-state index < -0.39 is 4.92 Å². The van der Waals surface area contributed by atoms with Gasteiger partial charge in [-0.05, 0) is 19.9 Å². The fraction of sp³-hybridized carbons (Fsp3) is 0.500.